The normalized spacial score (nSPS) is 10.2. The second kappa shape index (κ2) is 8.60. The van der Waals surface area contributed by atoms with Crippen LogP contribution in [0.1, 0.15) is 5.56 Å². The molecule has 0 spiro atoms. The molecular formula is C17H16ClNO3S. The molecule has 0 aliphatic carbocycles. The van der Waals surface area contributed by atoms with Crippen LogP contribution in [0, 0.1) is 6.92 Å². The van der Waals surface area contributed by atoms with Gasteiger partial charge in [-0.05, 0) is 36.8 Å². The summed E-state index contributed by atoms with van der Waals surface area (Å²) >= 11 is 7.35. The zero-order valence-electron chi connectivity index (χ0n) is 12.5. The Balaban J connectivity index is 1.73. The standard InChI is InChI=1S/C17H16ClNO3S/c1-12-7-8-13(9-15(12)18)19-16(20)10-22-17(21)11-23-14-5-3-2-4-6-14/h2-9H,10-11H2,1H3,(H,19,20). The van der Waals surface area contributed by atoms with Crippen molar-refractivity contribution >= 4 is 40.9 Å². The monoisotopic (exact) mass is 349 g/mol. The highest BCUT2D eigenvalue weighted by molar-refractivity contribution is 8.00. The number of hydrogen-bond donors (Lipinski definition) is 1. The molecule has 0 bridgehead atoms. The third-order valence-electron chi connectivity index (χ3n) is 2.92. The first kappa shape index (κ1) is 17.4. The summed E-state index contributed by atoms with van der Waals surface area (Å²) in [6, 6.07) is 14.7. The Morgan fingerprint density at radius 2 is 1.91 bits per heavy atom. The van der Waals surface area contributed by atoms with Crippen molar-refractivity contribution in [3.8, 4) is 0 Å². The number of hydrogen-bond acceptors (Lipinski definition) is 4. The van der Waals surface area contributed by atoms with Crippen LogP contribution < -0.4 is 5.32 Å². The van der Waals surface area contributed by atoms with Crippen LogP contribution in [0.5, 0.6) is 0 Å². The molecule has 0 fully saturated rings. The van der Waals surface area contributed by atoms with E-state index in [4.69, 9.17) is 16.3 Å². The molecule has 0 aliphatic heterocycles. The Kier molecular flexibility index (Phi) is 6.50. The van der Waals surface area contributed by atoms with Crippen LogP contribution in [0.3, 0.4) is 0 Å². The summed E-state index contributed by atoms with van der Waals surface area (Å²) in [5.41, 5.74) is 1.49. The van der Waals surface area contributed by atoms with Crippen molar-refractivity contribution in [2.75, 3.05) is 17.7 Å². The number of esters is 1. The molecule has 0 atom stereocenters. The second-order valence-electron chi connectivity index (χ2n) is 4.77. The minimum Gasteiger partial charge on any atom is -0.455 e. The van der Waals surface area contributed by atoms with Gasteiger partial charge in [-0.2, -0.15) is 0 Å². The van der Waals surface area contributed by atoms with Gasteiger partial charge in [0.15, 0.2) is 6.61 Å². The zero-order chi connectivity index (χ0) is 16.7. The van der Waals surface area contributed by atoms with E-state index in [9.17, 15) is 9.59 Å². The number of carbonyl (C=O) groups is 2. The van der Waals surface area contributed by atoms with Crippen molar-refractivity contribution in [1.82, 2.24) is 0 Å². The molecule has 0 unspecified atom stereocenters. The fourth-order valence-electron chi connectivity index (χ4n) is 1.71. The highest BCUT2D eigenvalue weighted by Gasteiger charge is 2.09. The van der Waals surface area contributed by atoms with Crippen LogP contribution in [0.2, 0.25) is 5.02 Å². The van der Waals surface area contributed by atoms with Crippen LogP contribution in [0.15, 0.2) is 53.4 Å². The number of carbonyl (C=O) groups excluding carboxylic acids is 2. The van der Waals surface area contributed by atoms with Crippen LogP contribution in [-0.4, -0.2) is 24.2 Å². The molecule has 4 nitrogen and oxygen atoms in total. The molecule has 1 amide bonds. The Hall–Kier alpha value is -1.98. The van der Waals surface area contributed by atoms with Gasteiger partial charge < -0.3 is 10.1 Å². The predicted molar refractivity (Wildman–Crippen MR) is 92.9 cm³/mol. The minimum atomic E-state index is -0.434. The molecule has 6 heteroatoms. The predicted octanol–water partition coefficient (Wildman–Crippen LogP) is 3.92. The SMILES string of the molecule is Cc1ccc(NC(=O)COC(=O)CSc2ccccc2)cc1Cl. The molecule has 0 saturated heterocycles. The van der Waals surface area contributed by atoms with Crippen molar-refractivity contribution in [2.24, 2.45) is 0 Å². The van der Waals surface area contributed by atoms with Crippen LogP contribution in [0.25, 0.3) is 0 Å². The summed E-state index contributed by atoms with van der Waals surface area (Å²) in [7, 11) is 0. The molecule has 0 aromatic heterocycles. The Morgan fingerprint density at radius 3 is 2.61 bits per heavy atom. The number of rotatable bonds is 6. The van der Waals surface area contributed by atoms with Crippen molar-refractivity contribution < 1.29 is 14.3 Å². The molecule has 2 aromatic carbocycles. The molecule has 0 radical (unpaired) electrons. The van der Waals surface area contributed by atoms with Crippen molar-refractivity contribution in [2.45, 2.75) is 11.8 Å². The Labute approximate surface area is 144 Å². The van der Waals surface area contributed by atoms with Gasteiger partial charge in [-0.1, -0.05) is 35.9 Å². The van der Waals surface area contributed by atoms with E-state index >= 15 is 0 Å². The summed E-state index contributed by atoms with van der Waals surface area (Å²) in [6.07, 6.45) is 0. The number of thioether (sulfide) groups is 1. The number of amides is 1. The summed E-state index contributed by atoms with van der Waals surface area (Å²) in [5.74, 6) is -0.674. The molecule has 2 rings (SSSR count). The van der Waals surface area contributed by atoms with E-state index in [1.54, 1.807) is 18.2 Å². The lowest BCUT2D eigenvalue weighted by Crippen LogP contribution is -2.21. The molecule has 0 saturated carbocycles. The topological polar surface area (TPSA) is 55.4 Å². The molecule has 120 valence electrons. The number of aryl methyl sites for hydroxylation is 1. The fraction of sp³-hybridized carbons (Fsp3) is 0.176. The maximum atomic E-state index is 11.7. The van der Waals surface area contributed by atoms with Gasteiger partial charge in [0.25, 0.3) is 5.91 Å². The molecule has 2 aromatic rings. The number of anilines is 1. The maximum absolute atomic E-state index is 11.7. The van der Waals surface area contributed by atoms with E-state index < -0.39 is 11.9 Å². The number of nitrogens with one attached hydrogen (secondary N) is 1. The summed E-state index contributed by atoms with van der Waals surface area (Å²) in [5, 5.41) is 3.20. The minimum absolute atomic E-state index is 0.160. The number of halogens is 1. The highest BCUT2D eigenvalue weighted by Crippen LogP contribution is 2.20. The van der Waals surface area contributed by atoms with Gasteiger partial charge in [0, 0.05) is 15.6 Å². The Morgan fingerprint density at radius 1 is 1.17 bits per heavy atom. The van der Waals surface area contributed by atoms with Gasteiger partial charge in [-0.15, -0.1) is 11.8 Å². The van der Waals surface area contributed by atoms with E-state index in [-0.39, 0.29) is 12.4 Å². The lowest BCUT2D eigenvalue weighted by Gasteiger charge is -2.08. The van der Waals surface area contributed by atoms with E-state index in [1.807, 2.05) is 37.3 Å². The summed E-state index contributed by atoms with van der Waals surface area (Å²) < 4.78 is 4.95. The van der Waals surface area contributed by atoms with E-state index in [0.717, 1.165) is 10.5 Å². The van der Waals surface area contributed by atoms with Gasteiger partial charge in [-0.25, -0.2) is 0 Å². The average molecular weight is 350 g/mol. The first-order chi connectivity index (χ1) is 11.0. The zero-order valence-corrected chi connectivity index (χ0v) is 14.1. The van der Waals surface area contributed by atoms with E-state index in [0.29, 0.717) is 10.7 Å². The van der Waals surface area contributed by atoms with Gasteiger partial charge in [0.05, 0.1) is 5.75 Å². The largest absolute Gasteiger partial charge is 0.455 e. The van der Waals surface area contributed by atoms with Gasteiger partial charge in [0.1, 0.15) is 0 Å². The van der Waals surface area contributed by atoms with Crippen molar-refractivity contribution in [3.05, 3.63) is 59.1 Å². The van der Waals surface area contributed by atoms with Gasteiger partial charge in [-0.3, -0.25) is 9.59 Å². The maximum Gasteiger partial charge on any atom is 0.316 e. The first-order valence-corrected chi connectivity index (χ1v) is 8.30. The van der Waals surface area contributed by atoms with Gasteiger partial charge >= 0.3 is 5.97 Å². The van der Waals surface area contributed by atoms with Gasteiger partial charge in [0.2, 0.25) is 0 Å². The molecular weight excluding hydrogens is 334 g/mol. The van der Waals surface area contributed by atoms with Crippen LogP contribution in [-0.2, 0) is 14.3 Å². The second-order valence-corrected chi connectivity index (χ2v) is 6.23. The molecule has 23 heavy (non-hydrogen) atoms. The molecule has 0 heterocycles. The molecule has 0 aliphatic rings. The lowest BCUT2D eigenvalue weighted by molar-refractivity contribution is -0.144. The highest BCUT2D eigenvalue weighted by atomic mass is 35.5. The van der Waals surface area contributed by atoms with Crippen molar-refractivity contribution in [3.63, 3.8) is 0 Å². The lowest BCUT2D eigenvalue weighted by atomic mass is 10.2. The number of benzene rings is 2. The fourth-order valence-corrected chi connectivity index (χ4v) is 2.61. The Bertz CT molecular complexity index is 691. The summed E-state index contributed by atoms with van der Waals surface area (Å²) in [4.78, 5) is 24.4. The van der Waals surface area contributed by atoms with E-state index in [2.05, 4.69) is 5.32 Å². The smallest absolute Gasteiger partial charge is 0.316 e. The third-order valence-corrected chi connectivity index (χ3v) is 4.31. The average Bonchev–Trinajstić information content (AvgIpc) is 2.55. The van der Waals surface area contributed by atoms with Crippen LogP contribution in [0.4, 0.5) is 5.69 Å². The van der Waals surface area contributed by atoms with E-state index in [1.165, 1.54) is 11.8 Å². The first-order valence-electron chi connectivity index (χ1n) is 6.94. The third kappa shape index (κ3) is 5.96. The molecule has 1 N–H and O–H groups in total. The quantitative estimate of drug-likeness (QED) is 0.634. The summed E-state index contributed by atoms with van der Waals surface area (Å²) in [6.45, 7) is 1.56. The number of ether oxygens (including phenoxy) is 1. The van der Waals surface area contributed by atoms with Crippen LogP contribution >= 0.6 is 23.4 Å². The van der Waals surface area contributed by atoms with Crippen molar-refractivity contribution in [1.29, 1.82) is 0 Å².